The monoisotopic (exact) mass is 424 g/mol. The molecule has 2 heterocycles. The van der Waals surface area contributed by atoms with Crippen molar-refractivity contribution in [1.29, 1.82) is 0 Å². The maximum Gasteiger partial charge on any atom is 0.271 e. The van der Waals surface area contributed by atoms with Crippen LogP contribution in [0.2, 0.25) is 0 Å². The van der Waals surface area contributed by atoms with Gasteiger partial charge in [0.1, 0.15) is 0 Å². The van der Waals surface area contributed by atoms with E-state index in [0.29, 0.717) is 5.56 Å². The van der Waals surface area contributed by atoms with Crippen LogP contribution in [0, 0.1) is 27.7 Å². The number of nitrogens with one attached hydrogen (secondary N) is 1. The summed E-state index contributed by atoms with van der Waals surface area (Å²) in [7, 11) is 0. The van der Waals surface area contributed by atoms with Gasteiger partial charge in [-0.05, 0) is 67.4 Å². The minimum atomic E-state index is -0.270. The maximum absolute atomic E-state index is 12.1. The molecule has 0 radical (unpaired) electrons. The lowest BCUT2D eigenvalue weighted by Crippen LogP contribution is -2.17. The zero-order valence-corrected chi connectivity index (χ0v) is 17.3. The first-order valence-electron chi connectivity index (χ1n) is 8.58. The second-order valence-corrected chi connectivity index (χ2v) is 7.25. The molecule has 0 atom stereocenters. The third kappa shape index (κ3) is 3.85. The number of halogens is 1. The molecule has 0 aliphatic carbocycles. The van der Waals surface area contributed by atoms with Crippen molar-refractivity contribution < 1.29 is 4.79 Å². The molecule has 0 saturated carbocycles. The Balaban J connectivity index is 1.90. The number of hydrogen-bond donors (Lipinski definition) is 1. The van der Waals surface area contributed by atoms with Gasteiger partial charge in [0.15, 0.2) is 0 Å². The molecule has 1 amide bonds. The first kappa shape index (κ1) is 19.0. The van der Waals surface area contributed by atoms with Crippen LogP contribution >= 0.6 is 15.9 Å². The summed E-state index contributed by atoms with van der Waals surface area (Å²) in [4.78, 5) is 16.0. The van der Waals surface area contributed by atoms with Crippen LogP contribution in [0.3, 0.4) is 0 Å². The molecule has 0 unspecified atom stereocenters. The van der Waals surface area contributed by atoms with Gasteiger partial charge in [-0.1, -0.05) is 17.7 Å². The second-order valence-electron chi connectivity index (χ2n) is 6.46. The van der Waals surface area contributed by atoms with Gasteiger partial charge in [0.2, 0.25) is 0 Å². The fraction of sp³-hybridized carbons (Fsp3) is 0.190. The van der Waals surface area contributed by atoms with E-state index in [1.54, 1.807) is 30.7 Å². The summed E-state index contributed by atoms with van der Waals surface area (Å²) >= 11 is 3.67. The average molecular weight is 425 g/mol. The van der Waals surface area contributed by atoms with Crippen molar-refractivity contribution in [2.24, 2.45) is 5.10 Å². The molecule has 1 aromatic carbocycles. The van der Waals surface area contributed by atoms with Crippen LogP contribution in [0.15, 0.2) is 52.3 Å². The number of aromatic nitrogens is 2. The third-order valence-electron chi connectivity index (χ3n) is 4.51. The summed E-state index contributed by atoms with van der Waals surface area (Å²) in [6, 6.07) is 9.70. The fourth-order valence-electron chi connectivity index (χ4n) is 3.11. The lowest BCUT2D eigenvalue weighted by molar-refractivity contribution is 0.0955. The van der Waals surface area contributed by atoms with Crippen LogP contribution < -0.4 is 5.43 Å². The van der Waals surface area contributed by atoms with Crippen LogP contribution in [0.1, 0.15) is 38.4 Å². The SMILES string of the molecule is Cc1ccc(-n2c(C)c(Br)c(/C=N\NC(=O)c3ccncc3)c2C)c(C)c1. The molecule has 3 aromatic rings. The summed E-state index contributed by atoms with van der Waals surface area (Å²) in [5, 5.41) is 4.14. The second kappa shape index (κ2) is 7.88. The van der Waals surface area contributed by atoms with Crippen LogP contribution in [0.4, 0.5) is 0 Å². The maximum atomic E-state index is 12.1. The van der Waals surface area contributed by atoms with Crippen LogP contribution in [0.25, 0.3) is 5.69 Å². The van der Waals surface area contributed by atoms with E-state index in [1.807, 2.05) is 6.92 Å². The Morgan fingerprint density at radius 1 is 1.11 bits per heavy atom. The quantitative estimate of drug-likeness (QED) is 0.490. The minimum Gasteiger partial charge on any atom is -0.316 e. The van der Waals surface area contributed by atoms with Gasteiger partial charge in [-0.25, -0.2) is 5.43 Å². The Bertz CT molecular complexity index is 1020. The summed E-state index contributed by atoms with van der Waals surface area (Å²) in [6.45, 7) is 8.30. The number of nitrogens with zero attached hydrogens (tertiary/aromatic N) is 3. The van der Waals surface area contributed by atoms with Crippen molar-refractivity contribution in [3.63, 3.8) is 0 Å². The van der Waals surface area contributed by atoms with Gasteiger partial charge in [-0.2, -0.15) is 5.10 Å². The minimum absolute atomic E-state index is 0.270. The van der Waals surface area contributed by atoms with Crippen LogP contribution in [-0.2, 0) is 0 Å². The van der Waals surface area contributed by atoms with E-state index in [4.69, 9.17) is 0 Å². The molecule has 0 bridgehead atoms. The van der Waals surface area contributed by atoms with Crippen molar-refractivity contribution in [2.75, 3.05) is 0 Å². The third-order valence-corrected chi connectivity index (χ3v) is 5.51. The number of hydrazone groups is 1. The molecule has 138 valence electrons. The van der Waals surface area contributed by atoms with E-state index in [-0.39, 0.29) is 5.91 Å². The highest BCUT2D eigenvalue weighted by Crippen LogP contribution is 2.30. The van der Waals surface area contributed by atoms with E-state index in [1.165, 1.54) is 11.1 Å². The first-order valence-corrected chi connectivity index (χ1v) is 9.38. The average Bonchev–Trinajstić information content (AvgIpc) is 2.86. The molecule has 0 aliphatic rings. The van der Waals surface area contributed by atoms with Crippen LogP contribution in [-0.4, -0.2) is 21.7 Å². The summed E-state index contributed by atoms with van der Waals surface area (Å²) < 4.78 is 3.16. The van der Waals surface area contributed by atoms with Crippen LogP contribution in [0.5, 0.6) is 0 Å². The molecule has 3 rings (SSSR count). The highest BCUT2D eigenvalue weighted by Gasteiger charge is 2.17. The lowest BCUT2D eigenvalue weighted by atomic mass is 10.1. The number of carbonyl (C=O) groups excluding carboxylic acids is 1. The van der Waals surface area contributed by atoms with Gasteiger partial charge >= 0.3 is 0 Å². The Morgan fingerprint density at radius 2 is 1.81 bits per heavy atom. The van der Waals surface area contributed by atoms with Crippen molar-refractivity contribution in [2.45, 2.75) is 27.7 Å². The molecule has 6 heteroatoms. The number of aryl methyl sites for hydroxylation is 2. The Labute approximate surface area is 167 Å². The van der Waals surface area contributed by atoms with Crippen molar-refractivity contribution >= 4 is 28.1 Å². The van der Waals surface area contributed by atoms with E-state index in [2.05, 4.69) is 75.0 Å². The largest absolute Gasteiger partial charge is 0.316 e. The van der Waals surface area contributed by atoms with Crippen molar-refractivity contribution in [3.8, 4) is 5.69 Å². The van der Waals surface area contributed by atoms with Gasteiger partial charge < -0.3 is 4.57 Å². The Morgan fingerprint density at radius 3 is 2.48 bits per heavy atom. The van der Waals surface area contributed by atoms with Gasteiger partial charge in [0.05, 0.1) is 6.21 Å². The number of rotatable bonds is 4. The van der Waals surface area contributed by atoms with Crippen molar-refractivity contribution in [3.05, 3.63) is 80.8 Å². The normalized spacial score (nSPS) is 11.1. The molecule has 0 saturated heterocycles. The number of amides is 1. The highest BCUT2D eigenvalue weighted by atomic mass is 79.9. The zero-order chi connectivity index (χ0) is 19.6. The Kier molecular flexibility index (Phi) is 5.56. The summed E-state index contributed by atoms with van der Waals surface area (Å²) in [5.41, 5.74) is 9.72. The molecular formula is C21H21BrN4O. The zero-order valence-electron chi connectivity index (χ0n) is 15.7. The molecule has 5 nitrogen and oxygen atoms in total. The number of hydrogen-bond acceptors (Lipinski definition) is 3. The number of carbonyl (C=O) groups is 1. The molecule has 27 heavy (non-hydrogen) atoms. The molecule has 0 fully saturated rings. The standard InChI is InChI=1S/C21H21BrN4O/c1-13-5-6-19(14(2)11-13)26-15(3)18(20(22)16(26)4)12-24-25-21(27)17-7-9-23-10-8-17/h5-12H,1-4H3,(H,25,27)/b24-12-. The number of benzene rings is 1. The van der Waals surface area contributed by atoms with E-state index >= 15 is 0 Å². The Hall–Kier alpha value is -2.73. The van der Waals surface area contributed by atoms with E-state index < -0.39 is 0 Å². The predicted octanol–water partition coefficient (Wildman–Crippen LogP) is 4.63. The van der Waals surface area contributed by atoms with Gasteiger partial charge in [0, 0.05) is 45.1 Å². The van der Waals surface area contributed by atoms with E-state index in [9.17, 15) is 4.79 Å². The predicted molar refractivity (Wildman–Crippen MR) is 112 cm³/mol. The molecule has 0 aliphatic heterocycles. The molecule has 2 aromatic heterocycles. The topological polar surface area (TPSA) is 59.3 Å². The van der Waals surface area contributed by atoms with Crippen molar-refractivity contribution in [1.82, 2.24) is 15.0 Å². The van der Waals surface area contributed by atoms with E-state index in [0.717, 1.165) is 27.1 Å². The smallest absolute Gasteiger partial charge is 0.271 e. The van der Waals surface area contributed by atoms with Gasteiger partial charge in [0.25, 0.3) is 5.91 Å². The van der Waals surface area contributed by atoms with Gasteiger partial charge in [-0.15, -0.1) is 0 Å². The summed E-state index contributed by atoms with van der Waals surface area (Å²) in [5.74, 6) is -0.270. The molecule has 1 N–H and O–H groups in total. The number of pyridine rings is 1. The summed E-state index contributed by atoms with van der Waals surface area (Å²) in [6.07, 6.45) is 4.82. The fourth-order valence-corrected chi connectivity index (χ4v) is 3.68. The van der Waals surface area contributed by atoms with Gasteiger partial charge in [-0.3, -0.25) is 9.78 Å². The first-order chi connectivity index (χ1) is 12.9. The molecular weight excluding hydrogens is 404 g/mol. The lowest BCUT2D eigenvalue weighted by Gasteiger charge is -2.13. The highest BCUT2D eigenvalue weighted by molar-refractivity contribution is 9.10. The molecule has 0 spiro atoms.